The number of carbonyl (C=O) groups is 3. The van der Waals surface area contributed by atoms with Gasteiger partial charge in [-0.05, 0) is 44.2 Å². The first-order valence-electron chi connectivity index (χ1n) is 11.8. The van der Waals surface area contributed by atoms with Crippen molar-refractivity contribution >= 4 is 17.8 Å². The van der Waals surface area contributed by atoms with Crippen LogP contribution >= 0.6 is 0 Å². The van der Waals surface area contributed by atoms with Gasteiger partial charge in [-0.25, -0.2) is 4.79 Å². The molecule has 2 heterocycles. The first-order valence-corrected chi connectivity index (χ1v) is 11.8. The van der Waals surface area contributed by atoms with Gasteiger partial charge in [0.2, 0.25) is 5.91 Å². The Labute approximate surface area is 194 Å². The van der Waals surface area contributed by atoms with E-state index in [4.69, 9.17) is 4.74 Å². The number of ether oxygens (including phenoxy) is 1. The summed E-state index contributed by atoms with van der Waals surface area (Å²) in [6, 6.07) is 9.67. The standard InChI is InChI=1S/C25H32N4O4/c1-4-17-10-12-18(13-11-17)15-28-22(30)21-14-20(23(31)33-5-2)27-29(21)16-25(28,3)24(32)26-19-8-6-7-9-19/h10-14,19H,4-9,15-16H2,1-3H3,(H,26,32)/t25-/m0/s1. The molecule has 1 aliphatic heterocycles. The highest BCUT2D eigenvalue weighted by Gasteiger charge is 2.48. The molecule has 1 fully saturated rings. The number of benzene rings is 1. The minimum atomic E-state index is -1.14. The monoisotopic (exact) mass is 452 g/mol. The summed E-state index contributed by atoms with van der Waals surface area (Å²) in [7, 11) is 0. The van der Waals surface area contributed by atoms with E-state index in [1.807, 2.05) is 24.3 Å². The highest BCUT2D eigenvalue weighted by molar-refractivity contribution is 6.01. The zero-order valence-corrected chi connectivity index (χ0v) is 19.6. The second kappa shape index (κ2) is 9.37. The van der Waals surface area contributed by atoms with Crippen molar-refractivity contribution in [1.29, 1.82) is 0 Å². The number of amides is 2. The van der Waals surface area contributed by atoms with Crippen LogP contribution < -0.4 is 5.32 Å². The van der Waals surface area contributed by atoms with E-state index in [2.05, 4.69) is 17.3 Å². The van der Waals surface area contributed by atoms with E-state index in [9.17, 15) is 14.4 Å². The van der Waals surface area contributed by atoms with Gasteiger partial charge >= 0.3 is 5.97 Å². The largest absolute Gasteiger partial charge is 0.461 e. The molecule has 0 radical (unpaired) electrons. The number of nitrogens with one attached hydrogen (secondary N) is 1. The van der Waals surface area contributed by atoms with E-state index in [0.29, 0.717) is 0 Å². The van der Waals surface area contributed by atoms with E-state index in [0.717, 1.165) is 37.7 Å². The zero-order chi connectivity index (χ0) is 23.6. The Kier molecular flexibility index (Phi) is 6.54. The zero-order valence-electron chi connectivity index (χ0n) is 19.6. The lowest BCUT2D eigenvalue weighted by Gasteiger charge is -2.43. The molecule has 0 spiro atoms. The lowest BCUT2D eigenvalue weighted by atomic mass is 9.93. The highest BCUT2D eigenvalue weighted by atomic mass is 16.5. The maximum atomic E-state index is 13.6. The Morgan fingerprint density at radius 2 is 1.82 bits per heavy atom. The van der Waals surface area contributed by atoms with Crippen LogP contribution in [0, 0.1) is 0 Å². The van der Waals surface area contributed by atoms with Gasteiger partial charge in [0, 0.05) is 18.7 Å². The second-order valence-corrected chi connectivity index (χ2v) is 9.08. The van der Waals surface area contributed by atoms with Gasteiger partial charge in [-0.3, -0.25) is 14.3 Å². The van der Waals surface area contributed by atoms with Crippen molar-refractivity contribution in [2.24, 2.45) is 0 Å². The van der Waals surface area contributed by atoms with Crippen molar-refractivity contribution in [3.8, 4) is 0 Å². The van der Waals surface area contributed by atoms with Crippen molar-refractivity contribution in [3.63, 3.8) is 0 Å². The molecular weight excluding hydrogens is 420 g/mol. The van der Waals surface area contributed by atoms with E-state index < -0.39 is 11.5 Å². The van der Waals surface area contributed by atoms with Crippen LogP contribution in [0.4, 0.5) is 0 Å². The Morgan fingerprint density at radius 1 is 1.15 bits per heavy atom. The van der Waals surface area contributed by atoms with Crippen LogP contribution in [0.1, 0.15) is 78.6 Å². The minimum Gasteiger partial charge on any atom is -0.461 e. The number of carbonyl (C=O) groups excluding carboxylic acids is 3. The number of fused-ring (bicyclic) bond motifs is 1. The van der Waals surface area contributed by atoms with E-state index in [1.54, 1.807) is 18.7 Å². The normalized spacial score (nSPS) is 20.6. The average molecular weight is 453 g/mol. The summed E-state index contributed by atoms with van der Waals surface area (Å²) >= 11 is 0. The summed E-state index contributed by atoms with van der Waals surface area (Å²) in [6.45, 7) is 6.27. The summed E-state index contributed by atoms with van der Waals surface area (Å²) in [5.41, 5.74) is 1.37. The first kappa shape index (κ1) is 23.0. The Balaban J connectivity index is 1.68. The lowest BCUT2D eigenvalue weighted by Crippen LogP contribution is -2.64. The number of rotatable bonds is 7. The maximum Gasteiger partial charge on any atom is 0.358 e. The van der Waals surface area contributed by atoms with Crippen LogP contribution in [0.25, 0.3) is 0 Å². The summed E-state index contributed by atoms with van der Waals surface area (Å²) < 4.78 is 6.53. The molecule has 0 saturated heterocycles. The molecule has 8 heteroatoms. The number of esters is 1. The Bertz CT molecular complexity index is 1040. The van der Waals surface area contributed by atoms with Crippen molar-refractivity contribution in [2.45, 2.75) is 77.5 Å². The number of aryl methyl sites for hydroxylation is 1. The van der Waals surface area contributed by atoms with E-state index >= 15 is 0 Å². The van der Waals surface area contributed by atoms with E-state index in [1.165, 1.54) is 16.3 Å². The fourth-order valence-corrected chi connectivity index (χ4v) is 4.67. The van der Waals surface area contributed by atoms with Gasteiger partial charge < -0.3 is 15.0 Å². The van der Waals surface area contributed by atoms with Gasteiger partial charge in [0.05, 0.1) is 13.2 Å². The number of hydrogen-bond donors (Lipinski definition) is 1. The molecule has 1 aromatic heterocycles. The SMILES string of the molecule is CCOC(=O)c1cc2n(n1)C[C@@](C)(C(=O)NC1CCCC1)N(Cc1ccc(CC)cc1)C2=O. The molecule has 33 heavy (non-hydrogen) atoms. The summed E-state index contributed by atoms with van der Waals surface area (Å²) in [6.07, 6.45) is 5.03. The smallest absolute Gasteiger partial charge is 0.358 e. The average Bonchev–Trinajstić information content (AvgIpc) is 3.47. The summed E-state index contributed by atoms with van der Waals surface area (Å²) in [5, 5.41) is 7.47. The summed E-state index contributed by atoms with van der Waals surface area (Å²) in [5.74, 6) is -1.09. The number of aromatic nitrogens is 2. The Morgan fingerprint density at radius 3 is 2.45 bits per heavy atom. The van der Waals surface area contributed by atoms with Crippen molar-refractivity contribution in [1.82, 2.24) is 20.0 Å². The highest BCUT2D eigenvalue weighted by Crippen LogP contribution is 2.30. The van der Waals surface area contributed by atoms with Crippen LogP contribution in [0.2, 0.25) is 0 Å². The fourth-order valence-electron chi connectivity index (χ4n) is 4.67. The van der Waals surface area contributed by atoms with Crippen molar-refractivity contribution < 1.29 is 19.1 Å². The predicted molar refractivity (Wildman–Crippen MR) is 123 cm³/mol. The molecule has 2 aromatic rings. The third-order valence-corrected chi connectivity index (χ3v) is 6.73. The Hall–Kier alpha value is -3.16. The van der Waals surface area contributed by atoms with Crippen LogP contribution in [-0.4, -0.2) is 50.7 Å². The summed E-state index contributed by atoms with van der Waals surface area (Å²) in [4.78, 5) is 41.0. The topological polar surface area (TPSA) is 93.5 Å². The van der Waals surface area contributed by atoms with Crippen LogP contribution in [0.15, 0.2) is 30.3 Å². The second-order valence-electron chi connectivity index (χ2n) is 9.08. The van der Waals surface area contributed by atoms with Gasteiger partial charge in [0.1, 0.15) is 11.2 Å². The molecular formula is C25H32N4O4. The molecule has 2 amide bonds. The molecule has 1 atom stereocenters. The molecule has 4 rings (SSSR count). The lowest BCUT2D eigenvalue weighted by molar-refractivity contribution is -0.134. The van der Waals surface area contributed by atoms with Gasteiger partial charge in [-0.2, -0.15) is 5.10 Å². The molecule has 1 aliphatic carbocycles. The molecule has 2 aliphatic rings. The molecule has 176 valence electrons. The molecule has 1 saturated carbocycles. The molecule has 1 aromatic carbocycles. The van der Waals surface area contributed by atoms with Crippen LogP contribution in [0.5, 0.6) is 0 Å². The fraction of sp³-hybridized carbons (Fsp3) is 0.520. The van der Waals surface area contributed by atoms with Gasteiger partial charge in [0.15, 0.2) is 5.69 Å². The molecule has 0 unspecified atom stereocenters. The van der Waals surface area contributed by atoms with Gasteiger partial charge in [-0.1, -0.05) is 44.0 Å². The van der Waals surface area contributed by atoms with Crippen molar-refractivity contribution in [2.75, 3.05) is 6.61 Å². The first-order chi connectivity index (χ1) is 15.9. The molecule has 0 bridgehead atoms. The van der Waals surface area contributed by atoms with Gasteiger partial charge in [-0.15, -0.1) is 0 Å². The number of hydrogen-bond acceptors (Lipinski definition) is 5. The minimum absolute atomic E-state index is 0.0768. The third-order valence-electron chi connectivity index (χ3n) is 6.73. The van der Waals surface area contributed by atoms with E-state index in [-0.39, 0.29) is 48.9 Å². The molecule has 8 nitrogen and oxygen atoms in total. The molecule has 1 N–H and O–H groups in total. The number of nitrogens with zero attached hydrogens (tertiary/aromatic N) is 3. The predicted octanol–water partition coefficient (Wildman–Crippen LogP) is 3.10. The van der Waals surface area contributed by atoms with Crippen LogP contribution in [0.3, 0.4) is 0 Å². The third kappa shape index (κ3) is 4.51. The van der Waals surface area contributed by atoms with Gasteiger partial charge in [0.25, 0.3) is 5.91 Å². The van der Waals surface area contributed by atoms with Crippen molar-refractivity contribution in [3.05, 3.63) is 52.8 Å². The quantitative estimate of drug-likeness (QED) is 0.652. The van der Waals surface area contributed by atoms with Crippen LogP contribution in [-0.2, 0) is 29.0 Å². The maximum absolute atomic E-state index is 13.6.